The van der Waals surface area contributed by atoms with Crippen LogP contribution in [0.2, 0.25) is 0 Å². The minimum absolute atomic E-state index is 0.0547. The first-order chi connectivity index (χ1) is 15.4. The van der Waals surface area contributed by atoms with Crippen LogP contribution in [0.1, 0.15) is 21.5 Å². The lowest BCUT2D eigenvalue weighted by Crippen LogP contribution is -2.30. The average molecular weight is 456 g/mol. The molecule has 0 aliphatic rings. The molecule has 32 heavy (non-hydrogen) atoms. The Morgan fingerprint density at radius 2 is 1.72 bits per heavy atom. The highest BCUT2D eigenvalue weighted by Crippen LogP contribution is 2.31. The third kappa shape index (κ3) is 6.01. The van der Waals surface area contributed by atoms with E-state index in [1.165, 1.54) is 37.4 Å². The van der Waals surface area contributed by atoms with Crippen molar-refractivity contribution in [1.82, 2.24) is 5.32 Å². The molecule has 0 aliphatic heterocycles. The first-order valence-corrected chi connectivity index (χ1v) is 10.3. The van der Waals surface area contributed by atoms with Crippen molar-refractivity contribution in [2.24, 2.45) is 0 Å². The van der Waals surface area contributed by atoms with Crippen LogP contribution in [0.25, 0.3) is 0 Å². The number of halogens is 2. The second-order valence-electron chi connectivity index (χ2n) is 7.06. The lowest BCUT2D eigenvalue weighted by Gasteiger charge is -2.17. The summed E-state index contributed by atoms with van der Waals surface area (Å²) in [7, 11) is 1.48. The minimum atomic E-state index is -0.601. The van der Waals surface area contributed by atoms with E-state index in [1.54, 1.807) is 30.3 Å². The molecular formula is C24H23F2N3O2S. The molecule has 1 amide bonds. The molecule has 0 heterocycles. The van der Waals surface area contributed by atoms with E-state index in [2.05, 4.69) is 16.0 Å². The maximum atomic E-state index is 13.9. The van der Waals surface area contributed by atoms with Crippen LogP contribution in [-0.4, -0.2) is 24.7 Å². The summed E-state index contributed by atoms with van der Waals surface area (Å²) < 4.78 is 32.3. The summed E-state index contributed by atoms with van der Waals surface area (Å²) >= 11 is 5.36. The first kappa shape index (κ1) is 23.1. The highest BCUT2D eigenvalue weighted by molar-refractivity contribution is 7.80. The number of nitrogens with one attached hydrogen (secondary N) is 3. The average Bonchev–Trinajstić information content (AvgIpc) is 2.77. The number of aryl methyl sites for hydroxylation is 1. The predicted molar refractivity (Wildman–Crippen MR) is 126 cm³/mol. The Labute approximate surface area is 190 Å². The molecule has 3 rings (SSSR count). The van der Waals surface area contributed by atoms with Crippen molar-refractivity contribution in [2.75, 3.05) is 24.3 Å². The molecule has 3 aromatic rings. The molecule has 0 saturated carbocycles. The van der Waals surface area contributed by atoms with E-state index in [0.29, 0.717) is 35.2 Å². The number of ether oxygens (including phenoxy) is 1. The van der Waals surface area contributed by atoms with E-state index in [-0.39, 0.29) is 11.4 Å². The van der Waals surface area contributed by atoms with Gasteiger partial charge in [0.1, 0.15) is 17.4 Å². The third-order valence-corrected chi connectivity index (χ3v) is 5.02. The van der Waals surface area contributed by atoms with Crippen molar-refractivity contribution in [3.8, 4) is 5.75 Å². The summed E-state index contributed by atoms with van der Waals surface area (Å²) in [6, 6.07) is 15.5. The monoisotopic (exact) mass is 455 g/mol. The summed E-state index contributed by atoms with van der Waals surface area (Å²) in [6.07, 6.45) is 0.686. The van der Waals surface area contributed by atoms with Crippen LogP contribution in [0.4, 0.5) is 20.2 Å². The van der Waals surface area contributed by atoms with Gasteiger partial charge in [-0.05, 0) is 67.0 Å². The number of carbonyl (C=O) groups is 1. The van der Waals surface area contributed by atoms with Crippen molar-refractivity contribution in [1.29, 1.82) is 0 Å². The summed E-state index contributed by atoms with van der Waals surface area (Å²) in [6.45, 7) is 2.42. The molecule has 0 radical (unpaired) electrons. The van der Waals surface area contributed by atoms with Crippen LogP contribution >= 0.6 is 12.2 Å². The lowest BCUT2D eigenvalue weighted by molar-refractivity contribution is 0.102. The number of thiocarbonyl (C=S) groups is 1. The van der Waals surface area contributed by atoms with E-state index in [9.17, 15) is 13.6 Å². The van der Waals surface area contributed by atoms with Crippen LogP contribution in [0.5, 0.6) is 5.75 Å². The van der Waals surface area contributed by atoms with Gasteiger partial charge in [0, 0.05) is 18.3 Å². The van der Waals surface area contributed by atoms with Crippen LogP contribution in [0.15, 0.2) is 60.7 Å². The van der Waals surface area contributed by atoms with E-state index < -0.39 is 11.7 Å². The minimum Gasteiger partial charge on any atom is -0.494 e. The van der Waals surface area contributed by atoms with Crippen molar-refractivity contribution < 1.29 is 18.3 Å². The smallest absolute Gasteiger partial charge is 0.258 e. The molecule has 0 saturated heterocycles. The molecule has 0 spiro atoms. The number of carbonyl (C=O) groups excluding carboxylic acids is 1. The highest BCUT2D eigenvalue weighted by Gasteiger charge is 2.15. The van der Waals surface area contributed by atoms with Gasteiger partial charge >= 0.3 is 0 Å². The molecule has 0 aliphatic carbocycles. The second kappa shape index (κ2) is 10.7. The normalized spacial score (nSPS) is 10.4. The molecule has 0 fully saturated rings. The maximum Gasteiger partial charge on any atom is 0.258 e. The highest BCUT2D eigenvalue weighted by atomic mass is 32.1. The van der Waals surface area contributed by atoms with Crippen LogP contribution in [-0.2, 0) is 6.42 Å². The zero-order valence-corrected chi connectivity index (χ0v) is 18.5. The maximum absolute atomic E-state index is 13.9. The fraction of sp³-hybridized carbons (Fsp3) is 0.167. The lowest BCUT2D eigenvalue weighted by atomic mass is 10.1. The van der Waals surface area contributed by atoms with Crippen LogP contribution in [0.3, 0.4) is 0 Å². The number of rotatable bonds is 7. The Hall–Kier alpha value is -3.52. The van der Waals surface area contributed by atoms with Gasteiger partial charge in [0.25, 0.3) is 5.91 Å². The van der Waals surface area contributed by atoms with Crippen molar-refractivity contribution in [2.45, 2.75) is 13.3 Å². The number of anilines is 2. The topological polar surface area (TPSA) is 62.4 Å². The molecule has 166 valence electrons. The van der Waals surface area contributed by atoms with Gasteiger partial charge in [0.2, 0.25) is 0 Å². The van der Waals surface area contributed by atoms with Gasteiger partial charge in [0.05, 0.1) is 18.4 Å². The Bertz CT molecular complexity index is 1120. The first-order valence-electron chi connectivity index (χ1n) is 9.91. The van der Waals surface area contributed by atoms with Crippen molar-refractivity contribution in [3.05, 3.63) is 89.0 Å². The van der Waals surface area contributed by atoms with Gasteiger partial charge in [0.15, 0.2) is 5.11 Å². The zero-order chi connectivity index (χ0) is 23.1. The van der Waals surface area contributed by atoms with Crippen LogP contribution < -0.4 is 20.7 Å². The molecular weight excluding hydrogens is 432 g/mol. The molecule has 3 N–H and O–H groups in total. The largest absolute Gasteiger partial charge is 0.494 e. The van der Waals surface area contributed by atoms with E-state index >= 15 is 0 Å². The molecule has 8 heteroatoms. The van der Waals surface area contributed by atoms with E-state index in [1.807, 2.05) is 6.92 Å². The standard InChI is InChI=1S/C24H23F2N3O2S/c1-15-13-21(28-23(30)18-5-3-4-6-19(18)26)22(31-2)14-20(15)29-24(32)27-12-11-16-7-9-17(25)10-8-16/h3-10,13-14H,11-12H2,1-2H3,(H,28,30)(H2,27,29,32). The fourth-order valence-corrected chi connectivity index (χ4v) is 3.27. The molecule has 0 bridgehead atoms. The SMILES string of the molecule is COc1cc(NC(=S)NCCc2ccc(F)cc2)c(C)cc1NC(=O)c1ccccc1F. The van der Waals surface area contributed by atoms with Crippen molar-refractivity contribution in [3.63, 3.8) is 0 Å². The Morgan fingerprint density at radius 1 is 1.00 bits per heavy atom. The summed E-state index contributed by atoms with van der Waals surface area (Å²) in [5.41, 5.74) is 2.86. The summed E-state index contributed by atoms with van der Waals surface area (Å²) in [4.78, 5) is 12.5. The van der Waals surface area contributed by atoms with Gasteiger partial charge < -0.3 is 20.7 Å². The molecule has 5 nitrogen and oxygen atoms in total. The third-order valence-electron chi connectivity index (χ3n) is 4.77. The number of methoxy groups -OCH3 is 1. The Kier molecular flexibility index (Phi) is 7.72. The number of hydrogen-bond donors (Lipinski definition) is 3. The van der Waals surface area contributed by atoms with Gasteiger partial charge in [-0.1, -0.05) is 24.3 Å². The van der Waals surface area contributed by atoms with E-state index in [4.69, 9.17) is 17.0 Å². The quantitative estimate of drug-likeness (QED) is 0.435. The Morgan fingerprint density at radius 3 is 2.41 bits per heavy atom. The molecule has 0 atom stereocenters. The molecule has 3 aromatic carbocycles. The predicted octanol–water partition coefficient (Wildman–Crippen LogP) is 5.06. The summed E-state index contributed by atoms with van der Waals surface area (Å²) in [5, 5.41) is 9.32. The number of hydrogen-bond acceptors (Lipinski definition) is 3. The number of benzene rings is 3. The van der Waals surface area contributed by atoms with Crippen LogP contribution in [0, 0.1) is 18.6 Å². The second-order valence-corrected chi connectivity index (χ2v) is 7.47. The van der Waals surface area contributed by atoms with Gasteiger partial charge in [-0.25, -0.2) is 8.78 Å². The van der Waals surface area contributed by atoms with Gasteiger partial charge in [-0.2, -0.15) is 0 Å². The van der Waals surface area contributed by atoms with Gasteiger partial charge in [-0.3, -0.25) is 4.79 Å². The fourth-order valence-electron chi connectivity index (χ4n) is 3.06. The summed E-state index contributed by atoms with van der Waals surface area (Å²) in [5.74, 6) is -1.04. The molecule has 0 aromatic heterocycles. The molecule has 0 unspecified atom stereocenters. The zero-order valence-electron chi connectivity index (χ0n) is 17.7. The van der Waals surface area contributed by atoms with Crippen molar-refractivity contribution >= 4 is 34.6 Å². The Balaban J connectivity index is 1.63. The number of amides is 1. The van der Waals surface area contributed by atoms with E-state index in [0.717, 1.165) is 11.1 Å². The van der Waals surface area contributed by atoms with Gasteiger partial charge in [-0.15, -0.1) is 0 Å².